The monoisotopic (exact) mass is 172 g/mol. The van der Waals surface area contributed by atoms with E-state index in [1.807, 2.05) is 31.2 Å². The van der Waals surface area contributed by atoms with Crippen LogP contribution in [0.2, 0.25) is 0 Å². The third-order valence-corrected chi connectivity index (χ3v) is 2.43. The Bertz CT molecular complexity index is 432. The van der Waals surface area contributed by atoms with Crippen molar-refractivity contribution in [3.63, 3.8) is 0 Å². The quantitative estimate of drug-likeness (QED) is 0.701. The lowest BCUT2D eigenvalue weighted by Crippen LogP contribution is -1.89. The molecule has 0 unspecified atom stereocenters. The van der Waals surface area contributed by atoms with Crippen LogP contribution in [0.3, 0.4) is 0 Å². The number of hydrogen-bond acceptors (Lipinski definition) is 1. The predicted octanol–water partition coefficient (Wildman–Crippen LogP) is 2.64. The third-order valence-electron chi connectivity index (χ3n) is 2.43. The molecule has 1 nitrogen and oxygen atoms in total. The van der Waals surface area contributed by atoms with E-state index in [0.29, 0.717) is 0 Å². The summed E-state index contributed by atoms with van der Waals surface area (Å²) >= 11 is 0. The predicted molar refractivity (Wildman–Crippen MR) is 54.6 cm³/mol. The van der Waals surface area contributed by atoms with Gasteiger partial charge in [0.25, 0.3) is 0 Å². The van der Waals surface area contributed by atoms with Crippen LogP contribution in [0.15, 0.2) is 36.4 Å². The Hall–Kier alpha value is -1.34. The van der Waals surface area contributed by atoms with Crippen LogP contribution < -0.4 is 0 Å². The summed E-state index contributed by atoms with van der Waals surface area (Å²) in [7, 11) is 0. The van der Waals surface area contributed by atoms with E-state index in [2.05, 4.69) is 12.1 Å². The molecule has 66 valence electrons. The van der Waals surface area contributed by atoms with Gasteiger partial charge in [-0.3, -0.25) is 0 Å². The molecule has 0 atom stereocenters. The Kier molecular flexibility index (Phi) is 2.03. The molecule has 1 heteroatoms. The molecule has 2 rings (SSSR count). The molecule has 2 aromatic carbocycles. The highest BCUT2D eigenvalue weighted by Gasteiger charge is 2.01. The van der Waals surface area contributed by atoms with Crippen molar-refractivity contribution in [1.82, 2.24) is 0 Å². The van der Waals surface area contributed by atoms with Gasteiger partial charge in [-0.1, -0.05) is 36.4 Å². The Labute approximate surface area is 77.6 Å². The van der Waals surface area contributed by atoms with E-state index >= 15 is 0 Å². The van der Waals surface area contributed by atoms with E-state index in [-0.39, 0.29) is 6.61 Å². The van der Waals surface area contributed by atoms with Gasteiger partial charge in [0, 0.05) is 0 Å². The van der Waals surface area contributed by atoms with Crippen molar-refractivity contribution >= 4 is 10.8 Å². The number of fused-ring (bicyclic) bond motifs is 1. The second-order valence-electron chi connectivity index (χ2n) is 3.24. The number of aliphatic hydroxyl groups is 1. The molecule has 0 bridgehead atoms. The van der Waals surface area contributed by atoms with Crippen molar-refractivity contribution in [3.05, 3.63) is 47.5 Å². The van der Waals surface area contributed by atoms with E-state index in [9.17, 15) is 5.11 Å². The molecule has 0 radical (unpaired) electrons. The summed E-state index contributed by atoms with van der Waals surface area (Å²) in [6.07, 6.45) is 0. The Morgan fingerprint density at radius 2 is 1.85 bits per heavy atom. The summed E-state index contributed by atoms with van der Waals surface area (Å²) in [5.74, 6) is 0. The lowest BCUT2D eigenvalue weighted by Gasteiger charge is -2.06. The van der Waals surface area contributed by atoms with Gasteiger partial charge in [-0.05, 0) is 28.8 Å². The molecule has 13 heavy (non-hydrogen) atoms. The molecule has 0 aliphatic carbocycles. The van der Waals surface area contributed by atoms with Gasteiger partial charge in [-0.2, -0.15) is 0 Å². The topological polar surface area (TPSA) is 20.2 Å². The minimum atomic E-state index is 0.118. The first kappa shape index (κ1) is 8.27. The van der Waals surface area contributed by atoms with Crippen LogP contribution in [-0.2, 0) is 6.61 Å². The summed E-state index contributed by atoms with van der Waals surface area (Å²) in [4.78, 5) is 0. The number of aryl methyl sites for hydroxylation is 1. The smallest absolute Gasteiger partial charge is 0.0690 e. The highest BCUT2D eigenvalue weighted by molar-refractivity contribution is 5.86. The van der Waals surface area contributed by atoms with E-state index < -0.39 is 0 Å². The third kappa shape index (κ3) is 1.31. The van der Waals surface area contributed by atoms with Crippen LogP contribution in [0.5, 0.6) is 0 Å². The molecule has 1 N–H and O–H groups in total. The Morgan fingerprint density at radius 3 is 2.62 bits per heavy atom. The van der Waals surface area contributed by atoms with Gasteiger partial charge >= 0.3 is 0 Å². The molecule has 0 saturated carbocycles. The van der Waals surface area contributed by atoms with Crippen molar-refractivity contribution in [2.24, 2.45) is 0 Å². The Balaban J connectivity index is 2.84. The van der Waals surface area contributed by atoms with Crippen LogP contribution in [-0.4, -0.2) is 5.11 Å². The first-order valence-electron chi connectivity index (χ1n) is 4.41. The van der Waals surface area contributed by atoms with Crippen molar-refractivity contribution in [2.45, 2.75) is 13.5 Å². The number of benzene rings is 2. The highest BCUT2D eigenvalue weighted by atomic mass is 16.3. The molecule has 0 saturated heterocycles. The molecule has 2 aromatic rings. The zero-order valence-electron chi connectivity index (χ0n) is 7.62. The van der Waals surface area contributed by atoms with Gasteiger partial charge in [-0.15, -0.1) is 0 Å². The highest BCUT2D eigenvalue weighted by Crippen LogP contribution is 2.21. The van der Waals surface area contributed by atoms with E-state index in [4.69, 9.17) is 0 Å². The van der Waals surface area contributed by atoms with Crippen LogP contribution in [0, 0.1) is 6.92 Å². The largest absolute Gasteiger partial charge is 0.392 e. The zero-order valence-corrected chi connectivity index (χ0v) is 7.62. The average Bonchev–Trinajstić information content (AvgIpc) is 2.18. The van der Waals surface area contributed by atoms with Gasteiger partial charge in [0.15, 0.2) is 0 Å². The first-order valence-corrected chi connectivity index (χ1v) is 4.41. The molecule has 0 aromatic heterocycles. The number of hydrogen-bond donors (Lipinski definition) is 1. The fourth-order valence-electron chi connectivity index (χ4n) is 1.65. The van der Waals surface area contributed by atoms with E-state index in [1.165, 1.54) is 5.39 Å². The number of aliphatic hydroxyl groups excluding tert-OH is 1. The van der Waals surface area contributed by atoms with Gasteiger partial charge in [0.05, 0.1) is 6.61 Å². The molecule has 0 heterocycles. The van der Waals surface area contributed by atoms with Crippen LogP contribution in [0.4, 0.5) is 0 Å². The SMILES string of the molecule is Cc1ccc2ccccc2c1CO. The van der Waals surface area contributed by atoms with Crippen molar-refractivity contribution in [2.75, 3.05) is 0 Å². The fraction of sp³-hybridized carbons (Fsp3) is 0.167. The molecular formula is C12H12O. The van der Waals surface area contributed by atoms with Gasteiger partial charge in [0.1, 0.15) is 0 Å². The van der Waals surface area contributed by atoms with Crippen LogP contribution >= 0.6 is 0 Å². The maximum atomic E-state index is 9.22. The van der Waals surface area contributed by atoms with Crippen molar-refractivity contribution < 1.29 is 5.11 Å². The molecule has 0 aliphatic rings. The van der Waals surface area contributed by atoms with Gasteiger partial charge < -0.3 is 5.11 Å². The van der Waals surface area contributed by atoms with Crippen molar-refractivity contribution in [1.29, 1.82) is 0 Å². The summed E-state index contributed by atoms with van der Waals surface area (Å²) in [6.45, 7) is 2.14. The molecule has 0 amide bonds. The summed E-state index contributed by atoms with van der Waals surface area (Å²) < 4.78 is 0. The summed E-state index contributed by atoms with van der Waals surface area (Å²) in [5.41, 5.74) is 2.19. The van der Waals surface area contributed by atoms with E-state index in [1.54, 1.807) is 0 Å². The van der Waals surface area contributed by atoms with E-state index in [0.717, 1.165) is 16.5 Å². The first-order chi connectivity index (χ1) is 6.33. The normalized spacial score (nSPS) is 10.6. The minimum Gasteiger partial charge on any atom is -0.392 e. The summed E-state index contributed by atoms with van der Waals surface area (Å²) in [5, 5.41) is 11.6. The van der Waals surface area contributed by atoms with Crippen LogP contribution in [0.1, 0.15) is 11.1 Å². The molecule has 0 aliphatic heterocycles. The summed E-state index contributed by atoms with van der Waals surface area (Å²) in [6, 6.07) is 12.3. The van der Waals surface area contributed by atoms with Gasteiger partial charge in [0.2, 0.25) is 0 Å². The zero-order chi connectivity index (χ0) is 9.26. The fourth-order valence-corrected chi connectivity index (χ4v) is 1.65. The lowest BCUT2D eigenvalue weighted by atomic mass is 10.0. The standard InChI is InChI=1S/C12H12O/c1-9-6-7-10-4-2-3-5-11(10)12(9)8-13/h2-7,13H,8H2,1H3. The van der Waals surface area contributed by atoms with Crippen LogP contribution in [0.25, 0.3) is 10.8 Å². The molecule has 0 spiro atoms. The number of rotatable bonds is 1. The second kappa shape index (κ2) is 3.19. The average molecular weight is 172 g/mol. The molecular weight excluding hydrogens is 160 g/mol. The molecule has 0 fully saturated rings. The minimum absolute atomic E-state index is 0.118. The maximum absolute atomic E-state index is 9.22. The second-order valence-corrected chi connectivity index (χ2v) is 3.24. The maximum Gasteiger partial charge on any atom is 0.0690 e. The van der Waals surface area contributed by atoms with Crippen molar-refractivity contribution in [3.8, 4) is 0 Å². The van der Waals surface area contributed by atoms with Gasteiger partial charge in [-0.25, -0.2) is 0 Å². The lowest BCUT2D eigenvalue weighted by molar-refractivity contribution is 0.282. The Morgan fingerprint density at radius 1 is 1.08 bits per heavy atom.